The predicted octanol–water partition coefficient (Wildman–Crippen LogP) is 5.09. The van der Waals surface area contributed by atoms with E-state index in [0.717, 1.165) is 5.56 Å². The molecule has 2 aromatic carbocycles. The molecule has 0 aliphatic carbocycles. The van der Waals surface area contributed by atoms with Gasteiger partial charge in [0.1, 0.15) is 0 Å². The van der Waals surface area contributed by atoms with Crippen LogP contribution in [0.5, 0.6) is 0 Å². The van der Waals surface area contributed by atoms with Crippen molar-refractivity contribution in [2.24, 2.45) is 0 Å². The zero-order valence-electron chi connectivity index (χ0n) is 14.4. The van der Waals surface area contributed by atoms with Crippen molar-refractivity contribution in [2.45, 2.75) is 39.5 Å². The molecule has 1 N–H and O–H groups in total. The van der Waals surface area contributed by atoms with Gasteiger partial charge in [-0.25, -0.2) is 0 Å². The first kappa shape index (κ1) is 17.7. The van der Waals surface area contributed by atoms with Gasteiger partial charge in [0.25, 0.3) is 11.6 Å². The Balaban J connectivity index is 2.58. The smallest absolute Gasteiger partial charge is 0.274 e. The first-order valence-electron chi connectivity index (χ1n) is 8.00. The van der Waals surface area contributed by atoms with Crippen molar-refractivity contribution >= 4 is 17.3 Å². The molecule has 126 valence electrons. The zero-order chi connectivity index (χ0) is 17.9. The van der Waals surface area contributed by atoms with E-state index in [4.69, 9.17) is 0 Å². The molecule has 0 heterocycles. The average Bonchev–Trinajstić information content (AvgIpc) is 2.54. The van der Waals surface area contributed by atoms with Crippen LogP contribution < -0.4 is 5.32 Å². The molecule has 0 aromatic heterocycles. The third kappa shape index (κ3) is 3.62. The summed E-state index contributed by atoms with van der Waals surface area (Å²) in [6, 6.07) is 12.1. The van der Waals surface area contributed by atoms with Crippen molar-refractivity contribution in [1.82, 2.24) is 0 Å². The van der Waals surface area contributed by atoms with E-state index in [9.17, 15) is 14.9 Å². The summed E-state index contributed by atoms with van der Waals surface area (Å²) in [4.78, 5) is 23.6. The lowest BCUT2D eigenvalue weighted by Crippen LogP contribution is -2.16. The number of carbonyl (C=O) groups excluding carboxylic acids is 1. The van der Waals surface area contributed by atoms with Crippen LogP contribution in [-0.2, 0) is 0 Å². The molecule has 0 radical (unpaired) electrons. The molecule has 1 amide bonds. The number of nitro groups is 1. The Labute approximate surface area is 141 Å². The molecule has 0 saturated heterocycles. The van der Waals surface area contributed by atoms with Crippen LogP contribution in [0.2, 0.25) is 0 Å². The van der Waals surface area contributed by atoms with Crippen molar-refractivity contribution in [3.63, 3.8) is 0 Å². The highest BCUT2D eigenvalue weighted by Gasteiger charge is 2.25. The predicted molar refractivity (Wildman–Crippen MR) is 95.7 cm³/mol. The number of rotatable bonds is 5. The van der Waals surface area contributed by atoms with Gasteiger partial charge in [0, 0.05) is 11.6 Å². The monoisotopic (exact) mass is 326 g/mol. The number of hydrogen-bond acceptors (Lipinski definition) is 3. The van der Waals surface area contributed by atoms with Gasteiger partial charge in [-0.05, 0) is 35.6 Å². The molecule has 5 heteroatoms. The molecule has 0 spiro atoms. The Morgan fingerprint density at radius 3 is 2.12 bits per heavy atom. The lowest BCUT2D eigenvalue weighted by Gasteiger charge is -2.20. The molecule has 5 nitrogen and oxygen atoms in total. The van der Waals surface area contributed by atoms with Crippen LogP contribution in [0, 0.1) is 10.1 Å². The SMILES string of the molecule is CC(C)c1ccc([N+](=O)[O-])c(C(C)C)c1NC(=O)c1ccccc1. The maximum atomic E-state index is 12.6. The number of nitrogens with zero attached hydrogens (tertiary/aromatic N) is 1. The Morgan fingerprint density at radius 2 is 1.62 bits per heavy atom. The van der Waals surface area contributed by atoms with Crippen molar-refractivity contribution in [2.75, 3.05) is 5.32 Å². The van der Waals surface area contributed by atoms with E-state index in [0.29, 0.717) is 16.8 Å². The fourth-order valence-corrected chi connectivity index (χ4v) is 2.76. The van der Waals surface area contributed by atoms with Gasteiger partial charge in [0.2, 0.25) is 0 Å². The highest BCUT2D eigenvalue weighted by atomic mass is 16.6. The number of hydrogen-bond donors (Lipinski definition) is 1. The highest BCUT2D eigenvalue weighted by Crippen LogP contribution is 2.39. The van der Waals surface area contributed by atoms with Crippen LogP contribution in [0.4, 0.5) is 11.4 Å². The molecule has 0 bridgehead atoms. The lowest BCUT2D eigenvalue weighted by molar-refractivity contribution is -0.385. The first-order chi connectivity index (χ1) is 11.3. The van der Waals surface area contributed by atoms with Gasteiger partial charge in [-0.15, -0.1) is 0 Å². The minimum atomic E-state index is -0.391. The summed E-state index contributed by atoms with van der Waals surface area (Å²) in [5, 5.41) is 14.3. The summed E-state index contributed by atoms with van der Waals surface area (Å²) in [5.74, 6) is -0.218. The van der Waals surface area contributed by atoms with Crippen LogP contribution in [0.3, 0.4) is 0 Å². The molecule has 2 aromatic rings. The van der Waals surface area contributed by atoms with E-state index in [1.54, 1.807) is 30.3 Å². The van der Waals surface area contributed by atoms with E-state index >= 15 is 0 Å². The summed E-state index contributed by atoms with van der Waals surface area (Å²) in [6.45, 7) is 7.79. The van der Waals surface area contributed by atoms with Gasteiger partial charge < -0.3 is 5.32 Å². The Kier molecular flexibility index (Phi) is 5.34. The summed E-state index contributed by atoms with van der Waals surface area (Å²) in [5.41, 5.74) is 2.58. The van der Waals surface area contributed by atoms with Crippen LogP contribution >= 0.6 is 0 Å². The number of amides is 1. The van der Waals surface area contributed by atoms with E-state index in [1.807, 2.05) is 33.8 Å². The number of nitrogens with one attached hydrogen (secondary N) is 1. The first-order valence-corrected chi connectivity index (χ1v) is 8.00. The summed E-state index contributed by atoms with van der Waals surface area (Å²) >= 11 is 0. The zero-order valence-corrected chi connectivity index (χ0v) is 14.4. The quantitative estimate of drug-likeness (QED) is 0.614. The molecule has 0 unspecified atom stereocenters. The van der Waals surface area contributed by atoms with E-state index in [2.05, 4.69) is 5.32 Å². The number of nitro benzene ring substituents is 1. The average molecular weight is 326 g/mol. The molecule has 2 rings (SSSR count). The molecule has 0 aliphatic rings. The number of carbonyl (C=O) groups is 1. The van der Waals surface area contributed by atoms with Gasteiger partial charge in [0.05, 0.1) is 16.2 Å². The Morgan fingerprint density at radius 1 is 1.00 bits per heavy atom. The van der Waals surface area contributed by atoms with Crippen molar-refractivity contribution in [1.29, 1.82) is 0 Å². The molecule has 0 aliphatic heterocycles. The van der Waals surface area contributed by atoms with Crippen LogP contribution in [0.15, 0.2) is 42.5 Å². The number of anilines is 1. The minimum absolute atomic E-state index is 0.0396. The van der Waals surface area contributed by atoms with Crippen molar-refractivity contribution < 1.29 is 9.72 Å². The molecule has 0 fully saturated rings. The molecule has 0 saturated carbocycles. The third-order valence-corrected chi connectivity index (χ3v) is 3.93. The van der Waals surface area contributed by atoms with Gasteiger partial charge in [0.15, 0.2) is 0 Å². The molecular formula is C19H22N2O3. The molecular weight excluding hydrogens is 304 g/mol. The van der Waals surface area contributed by atoms with E-state index in [1.165, 1.54) is 6.07 Å². The summed E-state index contributed by atoms with van der Waals surface area (Å²) in [7, 11) is 0. The van der Waals surface area contributed by atoms with Gasteiger partial charge in [-0.2, -0.15) is 0 Å². The topological polar surface area (TPSA) is 72.2 Å². The largest absolute Gasteiger partial charge is 0.321 e. The van der Waals surface area contributed by atoms with E-state index in [-0.39, 0.29) is 23.4 Å². The minimum Gasteiger partial charge on any atom is -0.321 e. The lowest BCUT2D eigenvalue weighted by atomic mass is 9.91. The molecule has 0 atom stereocenters. The van der Waals surface area contributed by atoms with Gasteiger partial charge in [-0.1, -0.05) is 45.9 Å². The van der Waals surface area contributed by atoms with Crippen LogP contribution in [0.1, 0.15) is 61.0 Å². The maximum absolute atomic E-state index is 12.6. The van der Waals surface area contributed by atoms with Gasteiger partial charge >= 0.3 is 0 Å². The highest BCUT2D eigenvalue weighted by molar-refractivity contribution is 6.05. The second-order valence-electron chi connectivity index (χ2n) is 6.35. The normalized spacial score (nSPS) is 10.9. The standard InChI is InChI=1S/C19H22N2O3/c1-12(2)15-10-11-16(21(23)24)17(13(3)4)18(15)20-19(22)14-8-6-5-7-9-14/h5-13H,1-4H3,(H,20,22). The third-order valence-electron chi connectivity index (χ3n) is 3.93. The Hall–Kier alpha value is -2.69. The van der Waals surface area contributed by atoms with Crippen LogP contribution in [0.25, 0.3) is 0 Å². The van der Waals surface area contributed by atoms with E-state index < -0.39 is 4.92 Å². The number of benzene rings is 2. The van der Waals surface area contributed by atoms with Crippen LogP contribution in [-0.4, -0.2) is 10.8 Å². The van der Waals surface area contributed by atoms with Gasteiger partial charge in [-0.3, -0.25) is 14.9 Å². The summed E-state index contributed by atoms with van der Waals surface area (Å²) in [6.07, 6.45) is 0. The Bertz CT molecular complexity index is 753. The maximum Gasteiger partial charge on any atom is 0.274 e. The van der Waals surface area contributed by atoms with Crippen molar-refractivity contribution in [3.8, 4) is 0 Å². The second-order valence-corrected chi connectivity index (χ2v) is 6.35. The molecule has 24 heavy (non-hydrogen) atoms. The summed E-state index contributed by atoms with van der Waals surface area (Å²) < 4.78 is 0. The fourth-order valence-electron chi connectivity index (χ4n) is 2.76. The fraction of sp³-hybridized carbons (Fsp3) is 0.316. The second kappa shape index (κ2) is 7.25. The van der Waals surface area contributed by atoms with Crippen molar-refractivity contribution in [3.05, 3.63) is 69.3 Å².